The van der Waals surface area contributed by atoms with Crippen LogP contribution in [-0.2, 0) is 26.1 Å². The van der Waals surface area contributed by atoms with Gasteiger partial charge in [-0.1, -0.05) is 6.07 Å². The lowest BCUT2D eigenvalue weighted by molar-refractivity contribution is 0.0511. The number of cyclic esters (lactones) is 1. The van der Waals surface area contributed by atoms with Crippen molar-refractivity contribution in [3.05, 3.63) is 34.4 Å². The minimum absolute atomic E-state index is 0.0720. The Hall–Kier alpha value is -2.13. The molecule has 2 aliphatic rings. The number of benzene rings is 1. The molecule has 1 atom stereocenters. The topological polar surface area (TPSA) is 102 Å². The Morgan fingerprint density at radius 1 is 1.36 bits per heavy atom. The third-order valence-electron chi connectivity index (χ3n) is 4.89. The van der Waals surface area contributed by atoms with Gasteiger partial charge in [-0.3, -0.25) is 0 Å². The van der Waals surface area contributed by atoms with Crippen LogP contribution in [0.15, 0.2) is 12.1 Å². The summed E-state index contributed by atoms with van der Waals surface area (Å²) in [5.41, 5.74) is 2.17. The van der Waals surface area contributed by atoms with Crippen LogP contribution >= 0.6 is 0 Å². The van der Waals surface area contributed by atoms with Crippen LogP contribution in [0.5, 0.6) is 0 Å². The summed E-state index contributed by atoms with van der Waals surface area (Å²) in [6, 6.07) is 2.83. The Labute approximate surface area is 165 Å². The van der Waals surface area contributed by atoms with E-state index < -0.39 is 27.8 Å². The molecule has 1 fully saturated rings. The van der Waals surface area contributed by atoms with Crippen molar-refractivity contribution in [2.75, 3.05) is 18.8 Å². The Morgan fingerprint density at radius 2 is 2.07 bits per heavy atom. The smallest absolute Gasteiger partial charge is 0.407 e. The molecule has 1 aromatic rings. The van der Waals surface area contributed by atoms with Gasteiger partial charge in [0.2, 0.25) is 10.0 Å². The van der Waals surface area contributed by atoms with E-state index in [1.807, 2.05) is 6.92 Å². The molecule has 0 aliphatic carbocycles. The number of alkyl carbamates (subject to hydrolysis) is 1. The maximum absolute atomic E-state index is 12.6. The van der Waals surface area contributed by atoms with E-state index in [0.717, 1.165) is 16.7 Å². The number of ether oxygens (including phenoxy) is 2. The SMILES string of the molecule is Cc1c(C(CNC(=O)OC(C)(C)C)N2CCCS2(=O)=O)ccc2c1COC2=O. The first kappa shape index (κ1) is 20.6. The number of carbonyl (C=O) groups excluding carboxylic acids is 2. The molecule has 0 spiro atoms. The van der Waals surface area contributed by atoms with Crippen LogP contribution in [0.4, 0.5) is 4.79 Å². The van der Waals surface area contributed by atoms with Crippen molar-refractivity contribution in [3.63, 3.8) is 0 Å². The summed E-state index contributed by atoms with van der Waals surface area (Å²) in [6.45, 7) is 7.76. The predicted octanol–water partition coefficient (Wildman–Crippen LogP) is 2.27. The average Bonchev–Trinajstić information content (AvgIpc) is 3.11. The molecule has 1 amide bonds. The number of carbonyl (C=O) groups is 2. The molecule has 28 heavy (non-hydrogen) atoms. The number of hydrogen-bond donors (Lipinski definition) is 1. The van der Waals surface area contributed by atoms with E-state index in [9.17, 15) is 18.0 Å². The summed E-state index contributed by atoms with van der Waals surface area (Å²) >= 11 is 0. The van der Waals surface area contributed by atoms with Crippen LogP contribution in [0.1, 0.15) is 60.3 Å². The van der Waals surface area contributed by atoms with E-state index in [1.165, 1.54) is 4.31 Å². The molecule has 0 aromatic heterocycles. The number of nitrogens with zero attached hydrogens (tertiary/aromatic N) is 1. The zero-order chi connectivity index (χ0) is 20.7. The van der Waals surface area contributed by atoms with Gasteiger partial charge in [-0.25, -0.2) is 18.0 Å². The highest BCUT2D eigenvalue weighted by Gasteiger charge is 2.37. The van der Waals surface area contributed by atoms with Crippen molar-refractivity contribution >= 4 is 22.1 Å². The van der Waals surface area contributed by atoms with Crippen LogP contribution in [0.2, 0.25) is 0 Å². The number of hydrogen-bond acceptors (Lipinski definition) is 6. The molecule has 1 saturated heterocycles. The number of esters is 1. The average molecular weight is 410 g/mol. The van der Waals surface area contributed by atoms with E-state index in [-0.39, 0.29) is 24.9 Å². The van der Waals surface area contributed by atoms with Gasteiger partial charge in [-0.2, -0.15) is 4.31 Å². The second kappa shape index (κ2) is 7.36. The molecular weight excluding hydrogens is 384 g/mol. The van der Waals surface area contributed by atoms with Crippen LogP contribution in [0, 0.1) is 6.92 Å². The minimum atomic E-state index is -3.42. The maximum atomic E-state index is 12.6. The largest absolute Gasteiger partial charge is 0.457 e. The fourth-order valence-corrected chi connectivity index (χ4v) is 5.31. The molecule has 3 rings (SSSR count). The lowest BCUT2D eigenvalue weighted by atomic mass is 9.94. The van der Waals surface area contributed by atoms with Crippen molar-refractivity contribution < 1.29 is 27.5 Å². The Balaban J connectivity index is 1.92. The third-order valence-corrected chi connectivity index (χ3v) is 6.85. The first-order chi connectivity index (χ1) is 13.0. The third kappa shape index (κ3) is 4.15. The summed E-state index contributed by atoms with van der Waals surface area (Å²) in [4.78, 5) is 23.9. The maximum Gasteiger partial charge on any atom is 0.407 e. The van der Waals surface area contributed by atoms with Crippen LogP contribution in [-0.4, -0.2) is 49.2 Å². The van der Waals surface area contributed by atoms with E-state index in [2.05, 4.69) is 5.32 Å². The number of rotatable bonds is 4. The van der Waals surface area contributed by atoms with Gasteiger partial charge in [0, 0.05) is 18.7 Å². The minimum Gasteiger partial charge on any atom is -0.457 e. The molecule has 0 bridgehead atoms. The Kier molecular flexibility index (Phi) is 5.42. The standard InChI is InChI=1S/C19H26N2O6S/c1-12-13(6-7-14-15(12)11-26-17(14)22)16(21-8-5-9-28(21,24)25)10-20-18(23)27-19(2,3)4/h6-7,16H,5,8-11H2,1-4H3,(H,20,23). The number of sulfonamides is 1. The molecule has 0 saturated carbocycles. The molecule has 9 heteroatoms. The van der Waals surface area contributed by atoms with Crippen molar-refractivity contribution in [2.24, 2.45) is 0 Å². The number of amides is 1. The van der Waals surface area contributed by atoms with Gasteiger partial charge in [0.05, 0.1) is 17.4 Å². The predicted molar refractivity (Wildman–Crippen MR) is 102 cm³/mol. The Bertz CT molecular complexity index is 904. The Morgan fingerprint density at radius 3 is 2.68 bits per heavy atom. The monoisotopic (exact) mass is 410 g/mol. The molecule has 1 aromatic carbocycles. The summed E-state index contributed by atoms with van der Waals surface area (Å²) < 4.78 is 36.9. The number of fused-ring (bicyclic) bond motifs is 1. The lowest BCUT2D eigenvalue weighted by Crippen LogP contribution is -2.41. The summed E-state index contributed by atoms with van der Waals surface area (Å²) in [5.74, 6) is -0.288. The van der Waals surface area contributed by atoms with E-state index >= 15 is 0 Å². The van der Waals surface area contributed by atoms with Gasteiger partial charge in [-0.05, 0) is 51.3 Å². The second-order valence-electron chi connectivity index (χ2n) is 8.06. The molecule has 1 unspecified atom stereocenters. The van der Waals surface area contributed by atoms with Crippen molar-refractivity contribution in [1.29, 1.82) is 0 Å². The normalized spacial score (nSPS) is 19.8. The molecular formula is C19H26N2O6S. The van der Waals surface area contributed by atoms with Crippen LogP contribution in [0.25, 0.3) is 0 Å². The van der Waals surface area contributed by atoms with Crippen molar-refractivity contribution in [3.8, 4) is 0 Å². The highest BCUT2D eigenvalue weighted by atomic mass is 32.2. The van der Waals surface area contributed by atoms with E-state index in [1.54, 1.807) is 32.9 Å². The molecule has 154 valence electrons. The fraction of sp³-hybridized carbons (Fsp3) is 0.579. The molecule has 2 heterocycles. The molecule has 0 radical (unpaired) electrons. The van der Waals surface area contributed by atoms with Crippen molar-refractivity contribution in [1.82, 2.24) is 9.62 Å². The van der Waals surface area contributed by atoms with Crippen molar-refractivity contribution in [2.45, 2.75) is 52.4 Å². The molecule has 2 aliphatic heterocycles. The number of nitrogens with one attached hydrogen (secondary N) is 1. The summed E-state index contributed by atoms with van der Waals surface area (Å²) in [7, 11) is -3.42. The van der Waals surface area contributed by atoms with Gasteiger partial charge < -0.3 is 14.8 Å². The highest BCUT2D eigenvalue weighted by molar-refractivity contribution is 7.89. The summed E-state index contributed by atoms with van der Waals surface area (Å²) in [5, 5.41) is 2.69. The van der Waals surface area contributed by atoms with Gasteiger partial charge in [-0.15, -0.1) is 0 Å². The zero-order valence-electron chi connectivity index (χ0n) is 16.6. The van der Waals surface area contributed by atoms with Gasteiger partial charge in [0.25, 0.3) is 0 Å². The summed E-state index contributed by atoms with van der Waals surface area (Å²) in [6.07, 6.45) is -0.0666. The zero-order valence-corrected chi connectivity index (χ0v) is 17.4. The highest BCUT2D eigenvalue weighted by Crippen LogP contribution is 2.34. The van der Waals surface area contributed by atoms with Crippen LogP contribution < -0.4 is 5.32 Å². The molecule has 1 N–H and O–H groups in total. The van der Waals surface area contributed by atoms with Gasteiger partial charge >= 0.3 is 12.1 Å². The second-order valence-corrected chi connectivity index (χ2v) is 10.1. The van der Waals surface area contributed by atoms with Gasteiger partial charge in [0.1, 0.15) is 12.2 Å². The van der Waals surface area contributed by atoms with Crippen LogP contribution in [0.3, 0.4) is 0 Å². The first-order valence-corrected chi connectivity index (χ1v) is 10.9. The lowest BCUT2D eigenvalue weighted by Gasteiger charge is -2.29. The van der Waals surface area contributed by atoms with E-state index in [0.29, 0.717) is 18.5 Å². The quantitative estimate of drug-likeness (QED) is 0.764. The van der Waals surface area contributed by atoms with Gasteiger partial charge in [0.15, 0.2) is 0 Å². The van der Waals surface area contributed by atoms with E-state index in [4.69, 9.17) is 9.47 Å². The first-order valence-electron chi connectivity index (χ1n) is 9.25. The molecule has 8 nitrogen and oxygen atoms in total. The fourth-order valence-electron chi connectivity index (χ4n) is 3.60.